The second-order valence-corrected chi connectivity index (χ2v) is 7.92. The molecule has 0 amide bonds. The van der Waals surface area contributed by atoms with Crippen molar-refractivity contribution in [2.75, 3.05) is 19.1 Å². The van der Waals surface area contributed by atoms with Crippen LogP contribution in [0.4, 0.5) is 0 Å². The fourth-order valence-electron chi connectivity index (χ4n) is 3.28. The Hall–Kier alpha value is -1.80. The van der Waals surface area contributed by atoms with E-state index in [2.05, 4.69) is 0 Å². The molecule has 1 aromatic rings. The van der Waals surface area contributed by atoms with Crippen LogP contribution < -0.4 is 15.2 Å². The maximum Gasteiger partial charge on any atom is 0.312 e. The molecule has 3 N–H and O–H groups in total. The van der Waals surface area contributed by atoms with Crippen LogP contribution in [0.5, 0.6) is 11.5 Å². The van der Waals surface area contributed by atoms with Gasteiger partial charge in [0.1, 0.15) is 5.41 Å². The van der Waals surface area contributed by atoms with Gasteiger partial charge in [0.05, 0.1) is 5.25 Å². The number of ether oxygens (including phenoxy) is 2. The molecule has 3 atom stereocenters. The van der Waals surface area contributed by atoms with E-state index < -0.39 is 32.4 Å². The summed E-state index contributed by atoms with van der Waals surface area (Å²) in [6, 6.07) is 4.98. The van der Waals surface area contributed by atoms with E-state index in [9.17, 15) is 18.3 Å². The zero-order valence-corrected chi connectivity index (χ0v) is 12.8. The van der Waals surface area contributed by atoms with Crippen molar-refractivity contribution >= 4 is 15.8 Å². The van der Waals surface area contributed by atoms with Crippen LogP contribution in [0, 0.1) is 5.41 Å². The van der Waals surface area contributed by atoms with E-state index in [1.165, 1.54) is 6.92 Å². The van der Waals surface area contributed by atoms with Crippen LogP contribution in [0.1, 0.15) is 18.4 Å². The smallest absolute Gasteiger partial charge is 0.312 e. The fourth-order valence-corrected chi connectivity index (χ4v) is 5.36. The molecule has 120 valence electrons. The summed E-state index contributed by atoms with van der Waals surface area (Å²) >= 11 is 0. The summed E-state index contributed by atoms with van der Waals surface area (Å²) in [5.41, 5.74) is 4.78. The average Bonchev–Trinajstić information content (AvgIpc) is 3.00. The topological polar surface area (TPSA) is 116 Å². The number of carboxylic acid groups (broad SMARTS) is 1. The van der Waals surface area contributed by atoms with Crippen molar-refractivity contribution in [1.29, 1.82) is 0 Å². The van der Waals surface area contributed by atoms with E-state index in [4.69, 9.17) is 15.2 Å². The highest BCUT2D eigenvalue weighted by Crippen LogP contribution is 2.63. The molecule has 0 unspecified atom stereocenters. The lowest BCUT2D eigenvalue weighted by Gasteiger charge is -2.09. The summed E-state index contributed by atoms with van der Waals surface area (Å²) in [7, 11) is -3.53. The Labute approximate surface area is 127 Å². The molecular formula is C14H17NO6S. The molecule has 3 rings (SSSR count). The molecule has 0 bridgehead atoms. The van der Waals surface area contributed by atoms with E-state index in [0.29, 0.717) is 17.1 Å². The highest BCUT2D eigenvalue weighted by atomic mass is 32.2. The second-order valence-electron chi connectivity index (χ2n) is 5.51. The summed E-state index contributed by atoms with van der Waals surface area (Å²) in [5, 5.41) is 8.55. The maximum absolute atomic E-state index is 12.3. The van der Waals surface area contributed by atoms with Gasteiger partial charge in [-0.1, -0.05) is 13.0 Å². The summed E-state index contributed by atoms with van der Waals surface area (Å²) in [4.78, 5) is 11.7. The van der Waals surface area contributed by atoms with Crippen molar-refractivity contribution in [1.82, 2.24) is 0 Å². The highest BCUT2D eigenvalue weighted by Gasteiger charge is 2.74. The molecule has 0 saturated heterocycles. The van der Waals surface area contributed by atoms with Crippen LogP contribution in [0.3, 0.4) is 0 Å². The standard InChI is InChI=1S/C14H17NO6S/c1-2-22(18,19)12-11(14(12,6-15)13(16)17)8-3-4-9-10(5-8)21-7-20-9/h3-5,11-12H,2,6-7,15H2,1H3,(H,16,17)/t11-,12+,14+/m0/s1. The van der Waals surface area contributed by atoms with Crippen molar-refractivity contribution in [2.45, 2.75) is 18.1 Å². The Morgan fingerprint density at radius 1 is 1.41 bits per heavy atom. The highest BCUT2D eigenvalue weighted by molar-refractivity contribution is 7.92. The van der Waals surface area contributed by atoms with Gasteiger partial charge in [-0.25, -0.2) is 8.42 Å². The Bertz CT molecular complexity index is 731. The van der Waals surface area contributed by atoms with Crippen molar-refractivity contribution in [3.05, 3.63) is 23.8 Å². The minimum atomic E-state index is -3.53. The lowest BCUT2D eigenvalue weighted by atomic mass is 9.99. The molecule has 0 aromatic heterocycles. The van der Waals surface area contributed by atoms with Crippen LogP contribution in [0.2, 0.25) is 0 Å². The second kappa shape index (κ2) is 4.85. The predicted molar refractivity (Wildman–Crippen MR) is 77.7 cm³/mol. The third kappa shape index (κ3) is 1.90. The first-order valence-corrected chi connectivity index (χ1v) is 8.64. The Morgan fingerprint density at radius 2 is 2.09 bits per heavy atom. The molecule has 8 heteroatoms. The first kappa shape index (κ1) is 15.1. The number of sulfone groups is 1. The molecular weight excluding hydrogens is 310 g/mol. The Balaban J connectivity index is 2.06. The molecule has 0 radical (unpaired) electrons. The summed E-state index contributed by atoms with van der Waals surface area (Å²) in [5.74, 6) is -0.913. The number of fused-ring (bicyclic) bond motifs is 1. The molecule has 2 aliphatic rings. The molecule has 0 spiro atoms. The first-order valence-electron chi connectivity index (χ1n) is 6.93. The van der Waals surface area contributed by atoms with Gasteiger partial charge in [-0.05, 0) is 17.7 Å². The van der Waals surface area contributed by atoms with Gasteiger partial charge in [-0.15, -0.1) is 0 Å². The van der Waals surface area contributed by atoms with E-state index in [-0.39, 0.29) is 19.1 Å². The summed E-state index contributed by atoms with van der Waals surface area (Å²) in [6.07, 6.45) is 0. The number of nitrogens with two attached hydrogens (primary N) is 1. The molecule has 1 saturated carbocycles. The van der Waals surface area contributed by atoms with Gasteiger partial charge in [0.2, 0.25) is 6.79 Å². The minimum Gasteiger partial charge on any atom is -0.481 e. The molecule has 1 fully saturated rings. The number of hydrogen-bond acceptors (Lipinski definition) is 6. The monoisotopic (exact) mass is 327 g/mol. The molecule has 7 nitrogen and oxygen atoms in total. The Kier molecular flexibility index (Phi) is 3.33. The molecule has 1 heterocycles. The van der Waals surface area contributed by atoms with Crippen LogP contribution >= 0.6 is 0 Å². The fraction of sp³-hybridized carbons (Fsp3) is 0.500. The van der Waals surface area contributed by atoms with Crippen molar-refractivity contribution in [3.8, 4) is 11.5 Å². The van der Waals surface area contributed by atoms with Gasteiger partial charge < -0.3 is 20.3 Å². The zero-order chi connectivity index (χ0) is 16.1. The van der Waals surface area contributed by atoms with Gasteiger partial charge >= 0.3 is 5.97 Å². The van der Waals surface area contributed by atoms with Gasteiger partial charge in [0.25, 0.3) is 0 Å². The quantitative estimate of drug-likeness (QED) is 0.801. The van der Waals surface area contributed by atoms with E-state index >= 15 is 0 Å². The number of carboxylic acids is 1. The third-order valence-electron chi connectivity index (χ3n) is 4.54. The van der Waals surface area contributed by atoms with Gasteiger partial charge in [0, 0.05) is 18.2 Å². The van der Waals surface area contributed by atoms with Crippen LogP contribution in [0.15, 0.2) is 18.2 Å². The Morgan fingerprint density at radius 3 is 2.68 bits per heavy atom. The van der Waals surface area contributed by atoms with E-state index in [1.807, 2.05) is 0 Å². The minimum absolute atomic E-state index is 0.0983. The predicted octanol–water partition coefficient (Wildman–Crippen LogP) is 0.345. The number of rotatable bonds is 5. The zero-order valence-electron chi connectivity index (χ0n) is 12.0. The number of carbonyl (C=O) groups is 1. The SMILES string of the molecule is CCS(=O)(=O)[C@@H]1[C@H](c2ccc3c(c2)OCO3)[C@@]1(CN)C(=O)O. The van der Waals surface area contributed by atoms with E-state index in [1.54, 1.807) is 18.2 Å². The van der Waals surface area contributed by atoms with Gasteiger partial charge in [-0.3, -0.25) is 4.79 Å². The van der Waals surface area contributed by atoms with Gasteiger partial charge in [0.15, 0.2) is 21.3 Å². The molecule has 1 aromatic carbocycles. The lowest BCUT2D eigenvalue weighted by molar-refractivity contribution is -0.143. The van der Waals surface area contributed by atoms with Crippen LogP contribution in [-0.2, 0) is 14.6 Å². The molecule has 1 aliphatic heterocycles. The maximum atomic E-state index is 12.3. The van der Waals surface area contributed by atoms with Gasteiger partial charge in [-0.2, -0.15) is 0 Å². The first-order chi connectivity index (χ1) is 10.4. The largest absolute Gasteiger partial charge is 0.481 e. The number of aliphatic carboxylic acids is 1. The van der Waals surface area contributed by atoms with Crippen molar-refractivity contribution in [3.63, 3.8) is 0 Å². The number of hydrogen-bond donors (Lipinski definition) is 2. The normalized spacial score (nSPS) is 29.4. The lowest BCUT2D eigenvalue weighted by Crippen LogP contribution is -2.32. The van der Waals surface area contributed by atoms with Crippen molar-refractivity contribution in [2.24, 2.45) is 11.1 Å². The van der Waals surface area contributed by atoms with Crippen LogP contribution in [0.25, 0.3) is 0 Å². The average molecular weight is 327 g/mol. The third-order valence-corrected chi connectivity index (χ3v) is 6.81. The summed E-state index contributed by atoms with van der Waals surface area (Å²) < 4.78 is 35.1. The van der Waals surface area contributed by atoms with Crippen molar-refractivity contribution < 1.29 is 27.8 Å². The summed E-state index contributed by atoms with van der Waals surface area (Å²) in [6.45, 7) is 1.37. The van der Waals surface area contributed by atoms with E-state index in [0.717, 1.165) is 0 Å². The number of benzene rings is 1. The van der Waals surface area contributed by atoms with Crippen LogP contribution in [-0.4, -0.2) is 43.8 Å². The molecule has 1 aliphatic carbocycles. The molecule has 22 heavy (non-hydrogen) atoms.